The molecule has 0 unspecified atom stereocenters. The van der Waals surface area contributed by atoms with Crippen molar-refractivity contribution in [2.24, 2.45) is 0 Å². The molecule has 0 bridgehead atoms. The van der Waals surface area contributed by atoms with E-state index < -0.39 is 6.04 Å². The van der Waals surface area contributed by atoms with Crippen LogP contribution in [0.15, 0.2) is 12.2 Å². The first-order valence-electron chi connectivity index (χ1n) is 10.8. The molecule has 1 atom stereocenters. The molecule has 0 radical (unpaired) electrons. The van der Waals surface area contributed by atoms with Crippen LogP contribution in [0.5, 0.6) is 0 Å². The van der Waals surface area contributed by atoms with Gasteiger partial charge in [-0.05, 0) is 38.5 Å². The molecule has 1 heterocycles. The Morgan fingerprint density at radius 3 is 2.12 bits per heavy atom. The van der Waals surface area contributed by atoms with Gasteiger partial charge in [0.05, 0.1) is 6.61 Å². The Bertz CT molecular complexity index is 406. The number of rotatable bonds is 16. The van der Waals surface area contributed by atoms with Crippen LogP contribution in [0.25, 0.3) is 0 Å². The lowest BCUT2D eigenvalue weighted by atomic mass is 10.1. The van der Waals surface area contributed by atoms with Crippen molar-refractivity contribution in [2.45, 2.75) is 109 Å². The van der Waals surface area contributed by atoms with E-state index in [4.69, 9.17) is 4.74 Å². The number of carbonyl (C=O) groups is 2. The van der Waals surface area contributed by atoms with Gasteiger partial charge >= 0.3 is 5.97 Å². The molecule has 1 fully saturated rings. The van der Waals surface area contributed by atoms with Gasteiger partial charge in [-0.2, -0.15) is 0 Å². The number of unbranched alkanes of at least 4 members (excludes halogenated alkanes) is 11. The van der Waals surface area contributed by atoms with Crippen LogP contribution in [0.2, 0.25) is 0 Å². The molecule has 1 amide bonds. The molecule has 26 heavy (non-hydrogen) atoms. The third kappa shape index (κ3) is 12.1. The molecule has 1 rings (SSSR count). The van der Waals surface area contributed by atoms with E-state index in [0.29, 0.717) is 19.4 Å². The van der Waals surface area contributed by atoms with E-state index in [1.807, 2.05) is 0 Å². The van der Waals surface area contributed by atoms with Crippen molar-refractivity contribution in [1.82, 2.24) is 5.32 Å². The van der Waals surface area contributed by atoms with E-state index in [9.17, 15) is 9.59 Å². The second kappa shape index (κ2) is 15.9. The second-order valence-electron chi connectivity index (χ2n) is 7.41. The Kier molecular flexibility index (Phi) is 13.9. The smallest absolute Gasteiger partial charge is 0.328 e. The summed E-state index contributed by atoms with van der Waals surface area (Å²) in [6.07, 6.45) is 22.1. The van der Waals surface area contributed by atoms with Gasteiger partial charge in [-0.15, -0.1) is 0 Å². The molecule has 0 saturated carbocycles. The van der Waals surface area contributed by atoms with E-state index in [-0.39, 0.29) is 11.9 Å². The average molecular weight is 366 g/mol. The molecule has 150 valence electrons. The van der Waals surface area contributed by atoms with E-state index in [1.54, 1.807) is 0 Å². The molecule has 0 aromatic heterocycles. The highest BCUT2D eigenvalue weighted by Crippen LogP contribution is 2.11. The summed E-state index contributed by atoms with van der Waals surface area (Å²) in [7, 11) is 0. The number of allylic oxidation sites excluding steroid dienone is 2. The van der Waals surface area contributed by atoms with E-state index in [1.165, 1.54) is 64.2 Å². The van der Waals surface area contributed by atoms with Crippen LogP contribution in [0.1, 0.15) is 103 Å². The SMILES string of the molecule is CCCCCCCCCCC/C=C/CCCCOC(=O)[C@@H]1CCC(=O)N1. The Hall–Kier alpha value is -1.32. The highest BCUT2D eigenvalue weighted by atomic mass is 16.5. The summed E-state index contributed by atoms with van der Waals surface area (Å²) < 4.78 is 5.21. The summed E-state index contributed by atoms with van der Waals surface area (Å²) in [6, 6.07) is -0.418. The second-order valence-corrected chi connectivity index (χ2v) is 7.41. The first-order chi connectivity index (χ1) is 12.7. The van der Waals surface area contributed by atoms with Crippen molar-refractivity contribution in [3.8, 4) is 0 Å². The quantitative estimate of drug-likeness (QED) is 0.225. The maximum absolute atomic E-state index is 11.7. The maximum atomic E-state index is 11.7. The fourth-order valence-electron chi connectivity index (χ4n) is 3.24. The van der Waals surface area contributed by atoms with Crippen LogP contribution in [-0.2, 0) is 14.3 Å². The van der Waals surface area contributed by atoms with Crippen LogP contribution in [0.4, 0.5) is 0 Å². The fourth-order valence-corrected chi connectivity index (χ4v) is 3.24. The predicted molar refractivity (Wildman–Crippen MR) is 107 cm³/mol. The van der Waals surface area contributed by atoms with Gasteiger partial charge in [0.1, 0.15) is 6.04 Å². The average Bonchev–Trinajstić information content (AvgIpc) is 3.07. The van der Waals surface area contributed by atoms with Crippen molar-refractivity contribution < 1.29 is 14.3 Å². The maximum Gasteiger partial charge on any atom is 0.328 e. The molecule has 0 aromatic carbocycles. The highest BCUT2D eigenvalue weighted by molar-refractivity contribution is 5.87. The van der Waals surface area contributed by atoms with Gasteiger partial charge in [0.2, 0.25) is 5.91 Å². The zero-order valence-corrected chi connectivity index (χ0v) is 16.8. The normalized spacial score (nSPS) is 17.0. The summed E-state index contributed by atoms with van der Waals surface area (Å²) >= 11 is 0. The zero-order chi connectivity index (χ0) is 18.9. The first-order valence-corrected chi connectivity index (χ1v) is 10.8. The standard InChI is InChI=1S/C22H39NO3/c1-2-3-4-5-6-7-8-9-10-11-12-13-14-15-16-19-26-22(25)20-17-18-21(24)23-20/h12-13,20H,2-11,14-19H2,1H3,(H,23,24)/b13-12+/t20-/m0/s1. The summed E-state index contributed by atoms with van der Waals surface area (Å²) in [4.78, 5) is 22.7. The lowest BCUT2D eigenvalue weighted by Gasteiger charge is -2.09. The summed E-state index contributed by atoms with van der Waals surface area (Å²) in [5, 5.41) is 2.63. The van der Waals surface area contributed by atoms with Crippen LogP contribution >= 0.6 is 0 Å². The Balaban J connectivity index is 1.79. The molecule has 4 heteroatoms. The van der Waals surface area contributed by atoms with Crippen molar-refractivity contribution >= 4 is 11.9 Å². The third-order valence-electron chi connectivity index (χ3n) is 4.93. The largest absolute Gasteiger partial charge is 0.464 e. The summed E-state index contributed by atoms with van der Waals surface area (Å²) in [6.45, 7) is 2.72. The molecule has 1 saturated heterocycles. The minimum absolute atomic E-state index is 0.0518. The molecule has 0 spiro atoms. The number of ether oxygens (including phenoxy) is 1. The van der Waals surface area contributed by atoms with E-state index in [2.05, 4.69) is 24.4 Å². The van der Waals surface area contributed by atoms with Gasteiger partial charge in [0, 0.05) is 6.42 Å². The summed E-state index contributed by atoms with van der Waals surface area (Å²) in [5.41, 5.74) is 0. The van der Waals surface area contributed by atoms with Crippen molar-refractivity contribution in [2.75, 3.05) is 6.61 Å². The molecule has 0 aromatic rings. The Morgan fingerprint density at radius 2 is 1.54 bits per heavy atom. The molecule has 4 nitrogen and oxygen atoms in total. The third-order valence-corrected chi connectivity index (χ3v) is 4.93. The molecule has 1 aliphatic heterocycles. The van der Waals surface area contributed by atoms with E-state index >= 15 is 0 Å². The molecule has 1 N–H and O–H groups in total. The van der Waals surface area contributed by atoms with Gasteiger partial charge in [0.25, 0.3) is 0 Å². The van der Waals surface area contributed by atoms with Crippen LogP contribution in [0, 0.1) is 0 Å². The van der Waals surface area contributed by atoms with Gasteiger partial charge in [-0.3, -0.25) is 4.79 Å². The number of esters is 1. The number of hydrogen-bond donors (Lipinski definition) is 1. The van der Waals surface area contributed by atoms with Crippen molar-refractivity contribution in [1.29, 1.82) is 0 Å². The van der Waals surface area contributed by atoms with Gasteiger partial charge in [-0.25, -0.2) is 4.79 Å². The minimum Gasteiger partial charge on any atom is -0.464 e. The number of nitrogens with one attached hydrogen (secondary N) is 1. The van der Waals surface area contributed by atoms with E-state index in [0.717, 1.165) is 19.3 Å². The fraction of sp³-hybridized carbons (Fsp3) is 0.818. The van der Waals surface area contributed by atoms with Gasteiger partial charge < -0.3 is 10.1 Å². The van der Waals surface area contributed by atoms with Crippen LogP contribution < -0.4 is 5.32 Å². The zero-order valence-electron chi connectivity index (χ0n) is 16.8. The van der Waals surface area contributed by atoms with Crippen LogP contribution in [0.3, 0.4) is 0 Å². The minimum atomic E-state index is -0.418. The topological polar surface area (TPSA) is 55.4 Å². The monoisotopic (exact) mass is 365 g/mol. The Labute approximate surface area is 160 Å². The van der Waals surface area contributed by atoms with Crippen LogP contribution in [-0.4, -0.2) is 24.5 Å². The highest BCUT2D eigenvalue weighted by Gasteiger charge is 2.28. The van der Waals surface area contributed by atoms with Crippen molar-refractivity contribution in [3.63, 3.8) is 0 Å². The first kappa shape index (κ1) is 22.7. The number of hydrogen-bond acceptors (Lipinski definition) is 3. The molecule has 0 aliphatic carbocycles. The summed E-state index contributed by atoms with van der Waals surface area (Å²) in [5.74, 6) is -0.333. The molecular formula is C22H39NO3. The van der Waals surface area contributed by atoms with Gasteiger partial charge in [0.15, 0.2) is 0 Å². The lowest BCUT2D eigenvalue weighted by Crippen LogP contribution is -2.34. The molecular weight excluding hydrogens is 326 g/mol. The number of carbonyl (C=O) groups excluding carboxylic acids is 2. The van der Waals surface area contributed by atoms with Gasteiger partial charge in [-0.1, -0.05) is 70.4 Å². The number of amides is 1. The predicted octanol–water partition coefficient (Wildman–Crippen LogP) is 5.46. The Morgan fingerprint density at radius 1 is 0.962 bits per heavy atom. The van der Waals surface area contributed by atoms with Crippen molar-refractivity contribution in [3.05, 3.63) is 12.2 Å². The molecule has 1 aliphatic rings. The lowest BCUT2D eigenvalue weighted by molar-refractivity contribution is -0.146.